The summed E-state index contributed by atoms with van der Waals surface area (Å²) in [6.07, 6.45) is 0.896. The lowest BCUT2D eigenvalue weighted by atomic mass is 10.2. The van der Waals surface area contributed by atoms with Crippen LogP contribution in [0.25, 0.3) is 11.0 Å². The molecular weight excluding hydrogens is 450 g/mol. The highest BCUT2D eigenvalue weighted by atomic mass is 16.5. The maximum Gasteiger partial charge on any atom is 0.259 e. The molecule has 1 amide bonds. The number of aromatic nitrogens is 2. The Morgan fingerprint density at radius 3 is 2.44 bits per heavy atom. The second-order valence-electron chi connectivity index (χ2n) is 9.30. The molecule has 7 heteroatoms. The Labute approximate surface area is 212 Å². The largest absolute Gasteiger partial charge is 0.496 e. The number of carbonyl (C=O) groups is 1. The Balaban J connectivity index is 1.18. The maximum atomic E-state index is 12.8. The predicted octanol–water partition coefficient (Wildman–Crippen LogP) is 4.19. The smallest absolute Gasteiger partial charge is 0.259 e. The van der Waals surface area contributed by atoms with Crippen LogP contribution in [0.4, 0.5) is 5.69 Å². The molecule has 1 aliphatic rings. The number of para-hydroxylation sites is 1. The SMILES string of the molecule is COc1ccccc1C(=O)Nc1ccc2c(c1)nc(CCN1CCN(Cc3ccccc3)CC1)n2C. The second-order valence-corrected chi connectivity index (χ2v) is 9.30. The number of imidazole rings is 1. The van der Waals surface area contributed by atoms with E-state index in [1.54, 1.807) is 19.2 Å². The van der Waals surface area contributed by atoms with Crippen molar-refractivity contribution in [2.45, 2.75) is 13.0 Å². The first-order valence-electron chi connectivity index (χ1n) is 12.5. The molecule has 186 valence electrons. The van der Waals surface area contributed by atoms with Crippen LogP contribution in [0.5, 0.6) is 5.75 Å². The van der Waals surface area contributed by atoms with E-state index in [4.69, 9.17) is 9.72 Å². The molecule has 5 rings (SSSR count). The Morgan fingerprint density at radius 2 is 1.67 bits per heavy atom. The monoisotopic (exact) mass is 483 g/mol. The summed E-state index contributed by atoms with van der Waals surface area (Å²) in [6.45, 7) is 6.36. The third kappa shape index (κ3) is 5.42. The number of rotatable bonds is 8. The number of fused-ring (bicyclic) bond motifs is 1. The van der Waals surface area contributed by atoms with Crippen LogP contribution in [0, 0.1) is 0 Å². The summed E-state index contributed by atoms with van der Waals surface area (Å²) in [4.78, 5) is 22.7. The third-order valence-electron chi connectivity index (χ3n) is 6.95. The molecule has 0 radical (unpaired) electrons. The number of amides is 1. The Morgan fingerprint density at radius 1 is 0.944 bits per heavy atom. The van der Waals surface area contributed by atoms with E-state index in [0.29, 0.717) is 11.3 Å². The molecule has 36 heavy (non-hydrogen) atoms. The van der Waals surface area contributed by atoms with E-state index in [-0.39, 0.29) is 5.91 Å². The van der Waals surface area contributed by atoms with Crippen molar-refractivity contribution < 1.29 is 9.53 Å². The highest BCUT2D eigenvalue weighted by Crippen LogP contribution is 2.23. The topological polar surface area (TPSA) is 62.6 Å². The van der Waals surface area contributed by atoms with Gasteiger partial charge in [0, 0.05) is 58.4 Å². The number of nitrogens with one attached hydrogen (secondary N) is 1. The number of hydrogen-bond donors (Lipinski definition) is 1. The van der Waals surface area contributed by atoms with Crippen molar-refractivity contribution in [3.8, 4) is 5.75 Å². The summed E-state index contributed by atoms with van der Waals surface area (Å²) < 4.78 is 7.48. The van der Waals surface area contributed by atoms with Gasteiger partial charge < -0.3 is 19.5 Å². The van der Waals surface area contributed by atoms with E-state index < -0.39 is 0 Å². The van der Waals surface area contributed by atoms with Crippen molar-refractivity contribution in [3.05, 3.63) is 89.7 Å². The summed E-state index contributed by atoms with van der Waals surface area (Å²) in [5.41, 5.74) is 4.55. The van der Waals surface area contributed by atoms with Gasteiger partial charge in [0.15, 0.2) is 0 Å². The van der Waals surface area contributed by atoms with Crippen molar-refractivity contribution in [1.29, 1.82) is 0 Å². The molecule has 0 atom stereocenters. The normalized spacial score (nSPS) is 14.7. The quantitative estimate of drug-likeness (QED) is 0.407. The van der Waals surface area contributed by atoms with Crippen molar-refractivity contribution >= 4 is 22.6 Å². The van der Waals surface area contributed by atoms with Gasteiger partial charge in [-0.15, -0.1) is 0 Å². The van der Waals surface area contributed by atoms with Crippen LogP contribution in [0.3, 0.4) is 0 Å². The van der Waals surface area contributed by atoms with Crippen LogP contribution in [-0.2, 0) is 20.0 Å². The number of benzene rings is 3. The van der Waals surface area contributed by atoms with Crippen LogP contribution in [-0.4, -0.2) is 65.1 Å². The maximum absolute atomic E-state index is 12.8. The number of aryl methyl sites for hydroxylation is 1. The average Bonchev–Trinajstić information content (AvgIpc) is 3.23. The third-order valence-corrected chi connectivity index (χ3v) is 6.95. The van der Waals surface area contributed by atoms with Crippen LogP contribution < -0.4 is 10.1 Å². The first kappa shape index (κ1) is 24.0. The lowest BCUT2D eigenvalue weighted by Crippen LogP contribution is -2.46. The zero-order valence-corrected chi connectivity index (χ0v) is 21.0. The average molecular weight is 484 g/mol. The number of anilines is 1. The molecule has 0 bridgehead atoms. The predicted molar refractivity (Wildman–Crippen MR) is 144 cm³/mol. The molecule has 0 aliphatic carbocycles. The van der Waals surface area contributed by atoms with Gasteiger partial charge in [0.1, 0.15) is 11.6 Å². The van der Waals surface area contributed by atoms with Gasteiger partial charge in [-0.2, -0.15) is 0 Å². The van der Waals surface area contributed by atoms with Gasteiger partial charge in [0.2, 0.25) is 0 Å². The van der Waals surface area contributed by atoms with E-state index in [9.17, 15) is 4.79 Å². The van der Waals surface area contributed by atoms with Crippen molar-refractivity contribution in [2.24, 2.45) is 7.05 Å². The van der Waals surface area contributed by atoms with Gasteiger partial charge in [-0.3, -0.25) is 9.69 Å². The molecule has 4 aromatic rings. The second kappa shape index (κ2) is 10.9. The van der Waals surface area contributed by atoms with Gasteiger partial charge in [-0.25, -0.2) is 4.98 Å². The molecule has 1 saturated heterocycles. The Bertz CT molecular complexity index is 1330. The number of methoxy groups -OCH3 is 1. The van der Waals surface area contributed by atoms with Crippen LogP contribution >= 0.6 is 0 Å². The zero-order chi connectivity index (χ0) is 24.9. The standard InChI is InChI=1S/C29H33N5O2/c1-32-26-13-12-23(30-29(35)24-10-6-7-11-27(24)36-2)20-25(26)31-28(32)14-15-33-16-18-34(19-17-33)21-22-8-4-3-5-9-22/h3-13,20H,14-19,21H2,1-2H3,(H,30,35). The summed E-state index contributed by atoms with van der Waals surface area (Å²) in [7, 11) is 3.63. The minimum atomic E-state index is -0.200. The first-order valence-corrected chi connectivity index (χ1v) is 12.5. The fourth-order valence-corrected chi connectivity index (χ4v) is 4.85. The van der Waals surface area contributed by atoms with E-state index in [0.717, 1.165) is 68.2 Å². The highest BCUT2D eigenvalue weighted by molar-refractivity contribution is 6.06. The van der Waals surface area contributed by atoms with Crippen LogP contribution in [0.15, 0.2) is 72.8 Å². The van der Waals surface area contributed by atoms with E-state index in [2.05, 4.69) is 57.1 Å². The fourth-order valence-electron chi connectivity index (χ4n) is 4.85. The number of ether oxygens (including phenoxy) is 1. The van der Waals surface area contributed by atoms with Gasteiger partial charge >= 0.3 is 0 Å². The molecule has 0 spiro atoms. The Kier molecular flexibility index (Phi) is 7.30. The van der Waals surface area contributed by atoms with Gasteiger partial charge in [-0.1, -0.05) is 42.5 Å². The highest BCUT2D eigenvalue weighted by Gasteiger charge is 2.18. The van der Waals surface area contributed by atoms with Crippen molar-refractivity contribution in [2.75, 3.05) is 45.2 Å². The minimum absolute atomic E-state index is 0.200. The molecule has 7 nitrogen and oxygen atoms in total. The summed E-state index contributed by atoms with van der Waals surface area (Å²) in [6, 6.07) is 23.8. The fraction of sp³-hybridized carbons (Fsp3) is 0.310. The van der Waals surface area contributed by atoms with Gasteiger partial charge in [0.25, 0.3) is 5.91 Å². The molecule has 1 aliphatic heterocycles. The molecule has 1 aromatic heterocycles. The van der Waals surface area contributed by atoms with Crippen LogP contribution in [0.2, 0.25) is 0 Å². The number of hydrogen-bond acceptors (Lipinski definition) is 5. The first-order chi connectivity index (χ1) is 17.6. The molecule has 3 aromatic carbocycles. The van der Waals surface area contributed by atoms with Gasteiger partial charge in [0.05, 0.1) is 23.7 Å². The van der Waals surface area contributed by atoms with Gasteiger partial charge in [-0.05, 0) is 35.9 Å². The lowest BCUT2D eigenvalue weighted by Gasteiger charge is -2.34. The molecule has 0 unspecified atom stereocenters. The molecule has 1 N–H and O–H groups in total. The van der Waals surface area contributed by atoms with E-state index in [1.807, 2.05) is 30.3 Å². The summed E-state index contributed by atoms with van der Waals surface area (Å²) in [5, 5.41) is 2.98. The van der Waals surface area contributed by atoms with Crippen molar-refractivity contribution in [1.82, 2.24) is 19.4 Å². The van der Waals surface area contributed by atoms with E-state index in [1.165, 1.54) is 5.56 Å². The molecule has 2 heterocycles. The molecule has 0 saturated carbocycles. The number of piperazine rings is 1. The summed E-state index contributed by atoms with van der Waals surface area (Å²) >= 11 is 0. The number of nitrogens with zero attached hydrogens (tertiary/aromatic N) is 4. The van der Waals surface area contributed by atoms with Crippen LogP contribution in [0.1, 0.15) is 21.7 Å². The zero-order valence-electron chi connectivity index (χ0n) is 21.0. The molecule has 1 fully saturated rings. The summed E-state index contributed by atoms with van der Waals surface area (Å²) in [5.74, 6) is 1.41. The Hall–Kier alpha value is -3.68. The lowest BCUT2D eigenvalue weighted by molar-refractivity contribution is 0.102. The van der Waals surface area contributed by atoms with Crippen molar-refractivity contribution in [3.63, 3.8) is 0 Å². The number of carbonyl (C=O) groups excluding carboxylic acids is 1. The van der Waals surface area contributed by atoms with E-state index >= 15 is 0 Å². The molecular formula is C29H33N5O2. The minimum Gasteiger partial charge on any atom is -0.496 e.